The number of aliphatic hydroxyl groups excluding tert-OH is 1. The predicted octanol–water partition coefficient (Wildman–Crippen LogP) is 4.02. The molecule has 1 fully saturated rings. The third-order valence-corrected chi connectivity index (χ3v) is 5.61. The number of aliphatic hydroxyl groups is 1. The summed E-state index contributed by atoms with van der Waals surface area (Å²) in [6.45, 7) is 6.51. The van der Waals surface area contributed by atoms with Crippen LogP contribution in [-0.4, -0.2) is 47.8 Å². The average molecular weight is 422 g/mol. The highest BCUT2D eigenvalue weighted by Crippen LogP contribution is 2.33. The summed E-state index contributed by atoms with van der Waals surface area (Å²) in [7, 11) is 0. The van der Waals surface area contributed by atoms with Crippen LogP contribution in [0.2, 0.25) is 0 Å². The number of anilines is 1. The molecule has 0 saturated carbocycles. The minimum atomic E-state index is -0.964. The molecule has 4 rings (SSSR count). The van der Waals surface area contributed by atoms with Crippen LogP contribution in [0.4, 0.5) is 10.1 Å². The number of para-hydroxylation sites is 1. The maximum absolute atomic E-state index is 14.9. The van der Waals surface area contributed by atoms with Crippen LogP contribution >= 0.6 is 0 Å². The van der Waals surface area contributed by atoms with Gasteiger partial charge >= 0.3 is 0 Å². The molecule has 1 aromatic heterocycles. The summed E-state index contributed by atoms with van der Waals surface area (Å²) in [6, 6.07) is 18.4. The first-order valence-corrected chi connectivity index (χ1v) is 10.7. The van der Waals surface area contributed by atoms with Gasteiger partial charge in [0.05, 0.1) is 18.0 Å². The van der Waals surface area contributed by atoms with Crippen LogP contribution in [0.15, 0.2) is 66.9 Å². The molecular formula is C25H28FN3O2. The van der Waals surface area contributed by atoms with Crippen molar-refractivity contribution in [2.75, 3.05) is 37.7 Å². The lowest BCUT2D eigenvalue weighted by atomic mass is 10.0. The van der Waals surface area contributed by atoms with Crippen molar-refractivity contribution >= 4 is 5.69 Å². The molecule has 0 unspecified atom stereocenters. The van der Waals surface area contributed by atoms with Gasteiger partial charge in [0.2, 0.25) is 0 Å². The summed E-state index contributed by atoms with van der Waals surface area (Å²) in [6.07, 6.45) is 0.672. The highest BCUT2D eigenvalue weighted by Gasteiger charge is 2.25. The van der Waals surface area contributed by atoms with Gasteiger partial charge in [-0.3, -0.25) is 9.88 Å². The van der Waals surface area contributed by atoms with E-state index in [2.05, 4.69) is 22.0 Å². The lowest BCUT2D eigenvalue weighted by Gasteiger charge is -2.37. The van der Waals surface area contributed by atoms with E-state index in [-0.39, 0.29) is 5.82 Å². The first-order valence-electron chi connectivity index (χ1n) is 10.7. The van der Waals surface area contributed by atoms with Crippen molar-refractivity contribution in [3.8, 4) is 5.75 Å². The van der Waals surface area contributed by atoms with E-state index < -0.39 is 6.10 Å². The van der Waals surface area contributed by atoms with Gasteiger partial charge in [0.25, 0.3) is 0 Å². The summed E-state index contributed by atoms with van der Waals surface area (Å²) >= 11 is 0. The van der Waals surface area contributed by atoms with E-state index in [0.29, 0.717) is 36.6 Å². The Morgan fingerprint density at radius 3 is 2.45 bits per heavy atom. The summed E-state index contributed by atoms with van der Waals surface area (Å²) in [5.41, 5.74) is 2.78. The third kappa shape index (κ3) is 5.03. The van der Waals surface area contributed by atoms with Crippen LogP contribution in [0.25, 0.3) is 0 Å². The Balaban J connectivity index is 1.44. The fraction of sp³-hybridized carbons (Fsp3) is 0.320. The molecule has 31 heavy (non-hydrogen) atoms. The molecule has 1 atom stereocenters. The molecule has 5 nitrogen and oxygen atoms in total. The third-order valence-electron chi connectivity index (χ3n) is 5.61. The summed E-state index contributed by atoms with van der Waals surface area (Å²) in [5, 5.41) is 10.9. The standard InChI is InChI=1S/C25H28FN3O2/c1-2-31-20-11-9-19(10-12-20)18-28-14-16-29(17-15-28)24-21(6-5-7-22(24)26)25(30)23-8-3-4-13-27-23/h3-13,25,30H,2,14-18H2,1H3/t25-/m0/s1. The highest BCUT2D eigenvalue weighted by molar-refractivity contribution is 5.57. The fourth-order valence-electron chi connectivity index (χ4n) is 4.03. The van der Waals surface area contributed by atoms with Gasteiger partial charge in [-0.05, 0) is 42.8 Å². The number of halogens is 1. The van der Waals surface area contributed by atoms with E-state index in [9.17, 15) is 9.50 Å². The van der Waals surface area contributed by atoms with Crippen LogP contribution < -0.4 is 9.64 Å². The minimum Gasteiger partial charge on any atom is -0.494 e. The van der Waals surface area contributed by atoms with E-state index in [1.54, 1.807) is 30.5 Å². The number of aromatic nitrogens is 1. The Labute approximate surface area is 182 Å². The summed E-state index contributed by atoms with van der Waals surface area (Å²) in [5.74, 6) is 0.571. The van der Waals surface area contributed by atoms with Crippen molar-refractivity contribution < 1.29 is 14.2 Å². The molecule has 1 aliphatic heterocycles. The van der Waals surface area contributed by atoms with E-state index in [0.717, 1.165) is 25.4 Å². The van der Waals surface area contributed by atoms with Gasteiger partial charge in [0.1, 0.15) is 17.7 Å². The van der Waals surface area contributed by atoms with Gasteiger partial charge in [0, 0.05) is 44.5 Å². The lowest BCUT2D eigenvalue weighted by Crippen LogP contribution is -2.46. The second-order valence-corrected chi connectivity index (χ2v) is 7.67. The molecule has 1 N–H and O–H groups in total. The molecule has 1 aliphatic rings. The van der Waals surface area contributed by atoms with Crippen LogP contribution in [0.5, 0.6) is 5.75 Å². The SMILES string of the molecule is CCOc1ccc(CN2CCN(c3c(F)cccc3[C@H](O)c3ccccn3)CC2)cc1. The average Bonchev–Trinajstić information content (AvgIpc) is 2.81. The molecule has 1 saturated heterocycles. The van der Waals surface area contributed by atoms with Crippen LogP contribution in [0, 0.1) is 5.82 Å². The monoisotopic (exact) mass is 421 g/mol. The zero-order valence-electron chi connectivity index (χ0n) is 17.7. The normalized spacial score (nSPS) is 15.6. The Kier molecular flexibility index (Phi) is 6.79. The molecule has 0 amide bonds. The molecule has 2 heterocycles. The lowest BCUT2D eigenvalue weighted by molar-refractivity contribution is 0.213. The summed E-state index contributed by atoms with van der Waals surface area (Å²) in [4.78, 5) is 8.64. The first-order chi connectivity index (χ1) is 15.2. The Bertz CT molecular complexity index is 974. The van der Waals surface area contributed by atoms with E-state index >= 15 is 0 Å². The number of nitrogens with zero attached hydrogens (tertiary/aromatic N) is 3. The number of ether oxygens (including phenoxy) is 1. The number of rotatable bonds is 7. The smallest absolute Gasteiger partial charge is 0.146 e. The van der Waals surface area contributed by atoms with Crippen molar-refractivity contribution in [2.45, 2.75) is 19.6 Å². The van der Waals surface area contributed by atoms with Crippen molar-refractivity contribution in [1.29, 1.82) is 0 Å². The predicted molar refractivity (Wildman–Crippen MR) is 120 cm³/mol. The summed E-state index contributed by atoms with van der Waals surface area (Å²) < 4.78 is 20.4. The number of hydrogen-bond donors (Lipinski definition) is 1. The van der Waals surface area contributed by atoms with E-state index in [1.807, 2.05) is 30.0 Å². The largest absolute Gasteiger partial charge is 0.494 e. The molecule has 0 bridgehead atoms. The zero-order chi connectivity index (χ0) is 21.6. The quantitative estimate of drug-likeness (QED) is 0.624. The van der Waals surface area contributed by atoms with Gasteiger partial charge in [-0.1, -0.05) is 30.3 Å². The maximum atomic E-state index is 14.9. The number of hydrogen-bond acceptors (Lipinski definition) is 5. The first kappa shape index (κ1) is 21.3. The van der Waals surface area contributed by atoms with Crippen LogP contribution in [0.3, 0.4) is 0 Å². The van der Waals surface area contributed by atoms with E-state index in [4.69, 9.17) is 4.74 Å². The minimum absolute atomic E-state index is 0.313. The van der Waals surface area contributed by atoms with Gasteiger partial charge in [-0.25, -0.2) is 4.39 Å². The maximum Gasteiger partial charge on any atom is 0.146 e. The number of piperazine rings is 1. The van der Waals surface area contributed by atoms with Crippen molar-refractivity contribution in [3.05, 3.63) is 89.5 Å². The molecular weight excluding hydrogens is 393 g/mol. The molecule has 0 spiro atoms. The van der Waals surface area contributed by atoms with Crippen molar-refractivity contribution in [1.82, 2.24) is 9.88 Å². The molecule has 3 aromatic rings. The molecule has 2 aromatic carbocycles. The second kappa shape index (κ2) is 9.90. The topological polar surface area (TPSA) is 48.8 Å². The molecule has 162 valence electrons. The van der Waals surface area contributed by atoms with Crippen molar-refractivity contribution in [3.63, 3.8) is 0 Å². The molecule has 0 aliphatic carbocycles. The Morgan fingerprint density at radius 1 is 1.00 bits per heavy atom. The Hall–Kier alpha value is -2.96. The number of benzene rings is 2. The zero-order valence-corrected chi connectivity index (χ0v) is 17.7. The van der Waals surface area contributed by atoms with Crippen molar-refractivity contribution in [2.24, 2.45) is 0 Å². The molecule has 0 radical (unpaired) electrons. The van der Waals surface area contributed by atoms with Gasteiger partial charge in [-0.2, -0.15) is 0 Å². The highest BCUT2D eigenvalue weighted by atomic mass is 19.1. The van der Waals surface area contributed by atoms with Crippen LogP contribution in [-0.2, 0) is 6.54 Å². The second-order valence-electron chi connectivity index (χ2n) is 7.67. The number of pyridine rings is 1. The fourth-order valence-corrected chi connectivity index (χ4v) is 4.03. The van der Waals surface area contributed by atoms with Gasteiger partial charge in [-0.15, -0.1) is 0 Å². The van der Waals surface area contributed by atoms with Gasteiger partial charge in [0.15, 0.2) is 0 Å². The van der Waals surface area contributed by atoms with E-state index in [1.165, 1.54) is 11.6 Å². The van der Waals surface area contributed by atoms with Crippen LogP contribution in [0.1, 0.15) is 29.8 Å². The Morgan fingerprint density at radius 2 is 1.77 bits per heavy atom. The van der Waals surface area contributed by atoms with Gasteiger partial charge < -0.3 is 14.7 Å². The molecule has 6 heteroatoms.